The molecule has 0 amide bonds. The topological polar surface area (TPSA) is 26.0 Å². The Kier molecular flexibility index (Phi) is 2.46. The van der Waals surface area contributed by atoms with E-state index in [1.54, 1.807) is 0 Å². The lowest BCUT2D eigenvalue weighted by molar-refractivity contribution is 0.714. The standard InChI is InChI=1S/C20H17N/c1-20(14-7-3-2-4-8-14)18-10-6-5-9-16(18)17-12-11-15(21)13-19(17)20/h2-13H,21H2,1H3. The van der Waals surface area contributed by atoms with Gasteiger partial charge in [-0.3, -0.25) is 0 Å². The van der Waals surface area contributed by atoms with E-state index < -0.39 is 0 Å². The van der Waals surface area contributed by atoms with E-state index in [9.17, 15) is 0 Å². The van der Waals surface area contributed by atoms with Crippen LogP contribution in [0.2, 0.25) is 0 Å². The molecule has 3 aromatic carbocycles. The fourth-order valence-corrected chi connectivity index (χ4v) is 3.59. The number of hydrogen-bond donors (Lipinski definition) is 1. The summed E-state index contributed by atoms with van der Waals surface area (Å²) in [6, 6.07) is 25.6. The monoisotopic (exact) mass is 271 g/mol. The van der Waals surface area contributed by atoms with Gasteiger partial charge in [-0.05, 0) is 46.9 Å². The van der Waals surface area contributed by atoms with Crippen molar-refractivity contribution in [2.45, 2.75) is 12.3 Å². The quantitative estimate of drug-likeness (QED) is 0.643. The molecule has 1 aliphatic rings. The third-order valence-corrected chi connectivity index (χ3v) is 4.69. The highest BCUT2D eigenvalue weighted by atomic mass is 14.6. The Balaban J connectivity index is 2.10. The Morgan fingerprint density at radius 1 is 0.714 bits per heavy atom. The summed E-state index contributed by atoms with van der Waals surface area (Å²) in [4.78, 5) is 0. The van der Waals surface area contributed by atoms with E-state index in [-0.39, 0.29) is 5.41 Å². The van der Waals surface area contributed by atoms with Gasteiger partial charge in [0.25, 0.3) is 0 Å². The lowest BCUT2D eigenvalue weighted by Crippen LogP contribution is -2.22. The molecule has 0 bridgehead atoms. The molecule has 4 rings (SSSR count). The largest absolute Gasteiger partial charge is 0.399 e. The van der Waals surface area contributed by atoms with Gasteiger partial charge in [0.05, 0.1) is 0 Å². The van der Waals surface area contributed by atoms with Crippen LogP contribution < -0.4 is 5.73 Å². The SMILES string of the molecule is CC1(c2ccccc2)c2ccccc2-c2ccc(N)cc21. The molecule has 0 spiro atoms. The molecule has 1 heteroatoms. The predicted molar refractivity (Wildman–Crippen MR) is 88.3 cm³/mol. The maximum atomic E-state index is 6.06. The first-order valence-corrected chi connectivity index (χ1v) is 7.26. The summed E-state index contributed by atoms with van der Waals surface area (Å²) in [6.45, 7) is 2.30. The van der Waals surface area contributed by atoms with Gasteiger partial charge in [0.2, 0.25) is 0 Å². The number of rotatable bonds is 1. The average Bonchev–Trinajstić information content (AvgIpc) is 2.79. The summed E-state index contributed by atoms with van der Waals surface area (Å²) in [5, 5.41) is 0. The van der Waals surface area contributed by atoms with Crippen molar-refractivity contribution in [3.05, 3.63) is 89.5 Å². The highest BCUT2D eigenvalue weighted by molar-refractivity contribution is 5.84. The molecule has 0 radical (unpaired) electrons. The van der Waals surface area contributed by atoms with E-state index in [1.807, 2.05) is 6.07 Å². The molecule has 1 nitrogen and oxygen atoms in total. The van der Waals surface area contributed by atoms with Crippen molar-refractivity contribution >= 4 is 5.69 Å². The van der Waals surface area contributed by atoms with Crippen molar-refractivity contribution in [1.29, 1.82) is 0 Å². The smallest absolute Gasteiger partial charge is 0.0436 e. The molecule has 1 atom stereocenters. The van der Waals surface area contributed by atoms with E-state index in [1.165, 1.54) is 27.8 Å². The Morgan fingerprint density at radius 3 is 2.19 bits per heavy atom. The number of nitrogen functional groups attached to an aromatic ring is 1. The molecular weight excluding hydrogens is 254 g/mol. The van der Waals surface area contributed by atoms with Crippen molar-refractivity contribution in [2.24, 2.45) is 0 Å². The highest BCUT2D eigenvalue weighted by Gasteiger charge is 2.40. The van der Waals surface area contributed by atoms with Gasteiger partial charge in [-0.1, -0.05) is 60.7 Å². The molecule has 1 aliphatic carbocycles. The zero-order chi connectivity index (χ0) is 14.4. The number of benzene rings is 3. The van der Waals surface area contributed by atoms with Crippen molar-refractivity contribution in [2.75, 3.05) is 5.73 Å². The van der Waals surface area contributed by atoms with E-state index in [4.69, 9.17) is 5.73 Å². The van der Waals surface area contributed by atoms with Crippen LogP contribution in [0.4, 0.5) is 5.69 Å². The number of anilines is 1. The van der Waals surface area contributed by atoms with Gasteiger partial charge < -0.3 is 5.73 Å². The third-order valence-electron chi connectivity index (χ3n) is 4.69. The van der Waals surface area contributed by atoms with Crippen LogP contribution in [-0.2, 0) is 5.41 Å². The molecular formula is C20H17N. The van der Waals surface area contributed by atoms with Gasteiger partial charge in [-0.2, -0.15) is 0 Å². The van der Waals surface area contributed by atoms with Gasteiger partial charge in [-0.15, -0.1) is 0 Å². The van der Waals surface area contributed by atoms with Crippen LogP contribution in [0.25, 0.3) is 11.1 Å². The van der Waals surface area contributed by atoms with Crippen LogP contribution in [0, 0.1) is 0 Å². The normalized spacial score (nSPS) is 19.1. The number of nitrogens with two attached hydrogens (primary N) is 1. The van der Waals surface area contributed by atoms with Gasteiger partial charge >= 0.3 is 0 Å². The fraction of sp³-hybridized carbons (Fsp3) is 0.100. The summed E-state index contributed by atoms with van der Waals surface area (Å²) < 4.78 is 0. The zero-order valence-electron chi connectivity index (χ0n) is 12.0. The second kappa shape index (κ2) is 4.23. The molecule has 1 unspecified atom stereocenters. The fourth-order valence-electron chi connectivity index (χ4n) is 3.59. The highest BCUT2D eigenvalue weighted by Crippen LogP contribution is 2.52. The first-order valence-electron chi connectivity index (χ1n) is 7.26. The minimum absolute atomic E-state index is 0.136. The van der Waals surface area contributed by atoms with Gasteiger partial charge in [-0.25, -0.2) is 0 Å². The molecule has 2 N–H and O–H groups in total. The lowest BCUT2D eigenvalue weighted by atomic mass is 9.74. The third kappa shape index (κ3) is 1.58. The number of fused-ring (bicyclic) bond motifs is 3. The molecule has 21 heavy (non-hydrogen) atoms. The molecule has 0 saturated carbocycles. The minimum atomic E-state index is -0.136. The van der Waals surface area contributed by atoms with E-state index in [0.29, 0.717) is 0 Å². The van der Waals surface area contributed by atoms with Gasteiger partial charge in [0.1, 0.15) is 0 Å². The minimum Gasteiger partial charge on any atom is -0.399 e. The van der Waals surface area contributed by atoms with Crippen molar-refractivity contribution in [3.63, 3.8) is 0 Å². The molecule has 0 saturated heterocycles. The second-order valence-corrected chi connectivity index (χ2v) is 5.84. The van der Waals surface area contributed by atoms with Crippen molar-refractivity contribution in [3.8, 4) is 11.1 Å². The molecule has 0 fully saturated rings. The van der Waals surface area contributed by atoms with Gasteiger partial charge in [0, 0.05) is 11.1 Å². The Hall–Kier alpha value is -2.54. The maximum absolute atomic E-state index is 6.06. The second-order valence-electron chi connectivity index (χ2n) is 5.84. The maximum Gasteiger partial charge on any atom is 0.0436 e. The number of hydrogen-bond acceptors (Lipinski definition) is 1. The molecule has 102 valence electrons. The molecule has 0 heterocycles. The molecule has 0 aliphatic heterocycles. The van der Waals surface area contributed by atoms with Crippen molar-refractivity contribution in [1.82, 2.24) is 0 Å². The summed E-state index contributed by atoms with van der Waals surface area (Å²) in [5.41, 5.74) is 13.3. The van der Waals surface area contributed by atoms with Crippen LogP contribution in [0.15, 0.2) is 72.8 Å². The van der Waals surface area contributed by atoms with Crippen LogP contribution in [0.1, 0.15) is 23.6 Å². The van der Waals surface area contributed by atoms with Crippen LogP contribution in [-0.4, -0.2) is 0 Å². The zero-order valence-corrected chi connectivity index (χ0v) is 12.0. The Morgan fingerprint density at radius 2 is 1.38 bits per heavy atom. The van der Waals surface area contributed by atoms with Gasteiger partial charge in [0.15, 0.2) is 0 Å². The Labute approximate surface area is 125 Å². The average molecular weight is 271 g/mol. The molecule has 0 aromatic heterocycles. The summed E-state index contributed by atoms with van der Waals surface area (Å²) in [6.07, 6.45) is 0. The first-order chi connectivity index (χ1) is 10.2. The molecule has 3 aromatic rings. The summed E-state index contributed by atoms with van der Waals surface area (Å²) >= 11 is 0. The summed E-state index contributed by atoms with van der Waals surface area (Å²) in [5.74, 6) is 0. The van der Waals surface area contributed by atoms with E-state index in [0.717, 1.165) is 5.69 Å². The van der Waals surface area contributed by atoms with Crippen molar-refractivity contribution < 1.29 is 0 Å². The predicted octanol–water partition coefficient (Wildman–Crippen LogP) is 4.60. The van der Waals surface area contributed by atoms with Crippen LogP contribution in [0.5, 0.6) is 0 Å². The Bertz CT molecular complexity index is 820. The van der Waals surface area contributed by atoms with Crippen LogP contribution >= 0.6 is 0 Å². The van der Waals surface area contributed by atoms with Crippen LogP contribution in [0.3, 0.4) is 0 Å². The van der Waals surface area contributed by atoms with E-state index >= 15 is 0 Å². The first kappa shape index (κ1) is 12.2. The van der Waals surface area contributed by atoms with E-state index in [2.05, 4.69) is 73.7 Å². The lowest BCUT2D eigenvalue weighted by Gasteiger charge is -2.28. The summed E-state index contributed by atoms with van der Waals surface area (Å²) in [7, 11) is 0.